The number of aromatic nitrogens is 5. The van der Waals surface area contributed by atoms with Crippen LogP contribution in [0, 0.1) is 5.82 Å². The molecule has 3 rings (SSSR count). The summed E-state index contributed by atoms with van der Waals surface area (Å²) < 4.78 is 16.0. The zero-order valence-electron chi connectivity index (χ0n) is 13.5. The normalized spacial score (nSPS) is 10.7. The molecule has 0 fully saturated rings. The molecule has 0 aliphatic rings. The quantitative estimate of drug-likeness (QED) is 0.659. The number of aliphatic carboxylic acids is 1. The maximum absolute atomic E-state index is 13.2. The summed E-state index contributed by atoms with van der Waals surface area (Å²) in [6, 6.07) is 7.58. The number of anilines is 1. The summed E-state index contributed by atoms with van der Waals surface area (Å²) in [6.07, 6.45) is 2.86. The van der Waals surface area contributed by atoms with Gasteiger partial charge in [-0.2, -0.15) is 5.10 Å². The third kappa shape index (κ3) is 4.50. The summed E-state index contributed by atoms with van der Waals surface area (Å²) in [4.78, 5) is 26.7. The van der Waals surface area contributed by atoms with E-state index in [1.165, 1.54) is 40.1 Å². The highest BCUT2D eigenvalue weighted by atomic mass is 19.1. The van der Waals surface area contributed by atoms with Crippen molar-refractivity contribution in [1.82, 2.24) is 24.5 Å². The Labute approximate surface area is 147 Å². The molecule has 2 N–H and O–H groups in total. The first kappa shape index (κ1) is 17.3. The first-order valence-electron chi connectivity index (χ1n) is 7.70. The van der Waals surface area contributed by atoms with Crippen molar-refractivity contribution in [1.29, 1.82) is 0 Å². The van der Waals surface area contributed by atoms with Crippen molar-refractivity contribution in [2.24, 2.45) is 0 Å². The van der Waals surface area contributed by atoms with Gasteiger partial charge in [0.1, 0.15) is 12.1 Å². The molecular formula is C16H15FN6O3. The van der Waals surface area contributed by atoms with Crippen molar-refractivity contribution < 1.29 is 19.1 Å². The van der Waals surface area contributed by atoms with Crippen LogP contribution in [0.5, 0.6) is 0 Å². The highest BCUT2D eigenvalue weighted by molar-refractivity contribution is 6.01. The van der Waals surface area contributed by atoms with Crippen LogP contribution in [-0.4, -0.2) is 41.5 Å². The maximum Gasteiger partial charge on any atom is 0.305 e. The lowest BCUT2D eigenvalue weighted by atomic mass is 10.2. The van der Waals surface area contributed by atoms with Gasteiger partial charge in [-0.25, -0.2) is 14.1 Å². The molecule has 0 saturated heterocycles. The van der Waals surface area contributed by atoms with E-state index in [0.717, 1.165) is 0 Å². The molecule has 0 radical (unpaired) electrons. The van der Waals surface area contributed by atoms with Gasteiger partial charge in [-0.15, -0.1) is 5.10 Å². The van der Waals surface area contributed by atoms with Crippen LogP contribution in [0.2, 0.25) is 0 Å². The van der Waals surface area contributed by atoms with Gasteiger partial charge in [-0.1, -0.05) is 12.1 Å². The number of nitrogens with zero attached hydrogens (tertiary/aromatic N) is 5. The molecule has 0 aliphatic heterocycles. The first-order valence-corrected chi connectivity index (χ1v) is 7.70. The molecule has 0 spiro atoms. The first-order chi connectivity index (χ1) is 12.5. The summed E-state index contributed by atoms with van der Waals surface area (Å²) in [7, 11) is 0. The molecule has 134 valence electrons. The lowest BCUT2D eigenvalue weighted by Crippen LogP contribution is -2.15. The fourth-order valence-electron chi connectivity index (χ4n) is 2.23. The Bertz CT molecular complexity index is 935. The second-order valence-corrected chi connectivity index (χ2v) is 5.46. The van der Waals surface area contributed by atoms with Gasteiger partial charge in [-0.05, 0) is 23.8 Å². The smallest absolute Gasteiger partial charge is 0.305 e. The number of carbonyl (C=O) groups is 2. The summed E-state index contributed by atoms with van der Waals surface area (Å²) in [5, 5.41) is 19.3. The van der Waals surface area contributed by atoms with Crippen molar-refractivity contribution in [3.8, 4) is 0 Å². The minimum absolute atomic E-state index is 0.0885. The number of hydrogen-bond donors (Lipinski definition) is 2. The van der Waals surface area contributed by atoms with Crippen LogP contribution in [0.25, 0.3) is 0 Å². The van der Waals surface area contributed by atoms with Crippen LogP contribution in [-0.2, 0) is 17.9 Å². The van der Waals surface area contributed by atoms with E-state index in [2.05, 4.69) is 20.5 Å². The number of carboxylic acids is 1. The Morgan fingerprint density at radius 2 is 2.04 bits per heavy atom. The van der Waals surface area contributed by atoms with E-state index in [9.17, 15) is 14.0 Å². The van der Waals surface area contributed by atoms with Gasteiger partial charge < -0.3 is 5.11 Å². The van der Waals surface area contributed by atoms with Crippen LogP contribution in [0.15, 0.2) is 42.9 Å². The van der Waals surface area contributed by atoms with E-state index in [4.69, 9.17) is 5.11 Å². The number of carboxylic acid groups (broad SMARTS) is 1. The number of rotatable bonds is 7. The van der Waals surface area contributed by atoms with E-state index in [-0.39, 0.29) is 30.4 Å². The van der Waals surface area contributed by atoms with Crippen LogP contribution < -0.4 is 5.32 Å². The van der Waals surface area contributed by atoms with Crippen molar-refractivity contribution in [3.63, 3.8) is 0 Å². The van der Waals surface area contributed by atoms with Crippen LogP contribution in [0.3, 0.4) is 0 Å². The molecular weight excluding hydrogens is 343 g/mol. The fraction of sp³-hybridized carbons (Fsp3) is 0.188. The molecule has 1 aromatic carbocycles. The van der Waals surface area contributed by atoms with Gasteiger partial charge in [0.05, 0.1) is 19.5 Å². The number of halogens is 1. The van der Waals surface area contributed by atoms with Crippen molar-refractivity contribution >= 4 is 17.8 Å². The average Bonchev–Trinajstić information content (AvgIpc) is 3.22. The van der Waals surface area contributed by atoms with Crippen LogP contribution >= 0.6 is 0 Å². The third-order valence-electron chi connectivity index (χ3n) is 3.42. The Hall–Kier alpha value is -3.56. The molecule has 0 saturated carbocycles. The molecule has 26 heavy (non-hydrogen) atoms. The molecule has 9 nitrogen and oxygen atoms in total. The number of carbonyl (C=O) groups excluding carboxylic acids is 1. The molecule has 0 unspecified atom stereocenters. The van der Waals surface area contributed by atoms with E-state index in [1.54, 1.807) is 12.1 Å². The predicted octanol–water partition coefficient (Wildman–Crippen LogP) is 1.39. The summed E-state index contributed by atoms with van der Waals surface area (Å²) in [5.41, 5.74) is 0.835. The van der Waals surface area contributed by atoms with Crippen LogP contribution in [0.1, 0.15) is 22.5 Å². The number of nitrogens with one attached hydrogen (secondary N) is 1. The highest BCUT2D eigenvalue weighted by Gasteiger charge is 2.13. The summed E-state index contributed by atoms with van der Waals surface area (Å²) in [6.45, 7) is 0.480. The second kappa shape index (κ2) is 7.55. The SMILES string of the molecule is O=C(O)CCn1ccc(C(=O)Nc2ncn(Cc3cccc(F)c3)n2)n1. The lowest BCUT2D eigenvalue weighted by Gasteiger charge is -2.01. The third-order valence-corrected chi connectivity index (χ3v) is 3.42. The standard InChI is InChI=1S/C16H15FN6O3/c17-12-3-1-2-11(8-12)9-23-10-18-16(21-23)19-15(26)13-4-6-22(20-13)7-5-14(24)25/h1-4,6,8,10H,5,7,9H2,(H,24,25)(H,19,21,26). The van der Waals surface area contributed by atoms with Crippen LogP contribution in [0.4, 0.5) is 10.3 Å². The molecule has 0 bridgehead atoms. The highest BCUT2D eigenvalue weighted by Crippen LogP contribution is 2.07. The van der Waals surface area contributed by atoms with Gasteiger partial charge in [0.25, 0.3) is 5.91 Å². The topological polar surface area (TPSA) is 115 Å². The van der Waals surface area contributed by atoms with Crippen molar-refractivity contribution in [2.45, 2.75) is 19.5 Å². The number of aryl methyl sites for hydroxylation is 1. The van der Waals surface area contributed by atoms with E-state index in [1.807, 2.05) is 0 Å². The number of amides is 1. The monoisotopic (exact) mass is 358 g/mol. The zero-order chi connectivity index (χ0) is 18.5. The van der Waals surface area contributed by atoms with Gasteiger partial charge in [0.15, 0.2) is 5.69 Å². The molecule has 10 heteroatoms. The Morgan fingerprint density at radius 3 is 2.81 bits per heavy atom. The van der Waals surface area contributed by atoms with Gasteiger partial charge in [-0.3, -0.25) is 19.6 Å². The second-order valence-electron chi connectivity index (χ2n) is 5.46. The minimum Gasteiger partial charge on any atom is -0.481 e. The Kier molecular flexibility index (Phi) is 5.02. The summed E-state index contributed by atoms with van der Waals surface area (Å²) in [5.74, 6) is -1.71. The fourth-order valence-corrected chi connectivity index (χ4v) is 2.23. The summed E-state index contributed by atoms with van der Waals surface area (Å²) >= 11 is 0. The van der Waals surface area contributed by atoms with Crippen molar-refractivity contribution in [2.75, 3.05) is 5.32 Å². The Morgan fingerprint density at radius 1 is 1.19 bits per heavy atom. The van der Waals surface area contributed by atoms with E-state index < -0.39 is 11.9 Å². The van der Waals surface area contributed by atoms with Gasteiger partial charge in [0, 0.05) is 6.20 Å². The average molecular weight is 358 g/mol. The Balaban J connectivity index is 1.60. The van der Waals surface area contributed by atoms with E-state index in [0.29, 0.717) is 12.1 Å². The van der Waals surface area contributed by atoms with E-state index >= 15 is 0 Å². The van der Waals surface area contributed by atoms with Crippen molar-refractivity contribution in [3.05, 3.63) is 59.9 Å². The molecule has 2 heterocycles. The zero-order valence-corrected chi connectivity index (χ0v) is 13.5. The molecule has 1 amide bonds. The van der Waals surface area contributed by atoms with Gasteiger partial charge >= 0.3 is 5.97 Å². The number of benzene rings is 1. The minimum atomic E-state index is -0.945. The largest absolute Gasteiger partial charge is 0.481 e. The van der Waals surface area contributed by atoms with Gasteiger partial charge in [0.2, 0.25) is 5.95 Å². The maximum atomic E-state index is 13.2. The lowest BCUT2D eigenvalue weighted by molar-refractivity contribution is -0.137. The molecule has 3 aromatic rings. The molecule has 2 aromatic heterocycles. The number of hydrogen-bond acceptors (Lipinski definition) is 5. The molecule has 0 atom stereocenters. The predicted molar refractivity (Wildman–Crippen MR) is 88.0 cm³/mol. The molecule has 0 aliphatic carbocycles.